The van der Waals surface area contributed by atoms with Gasteiger partial charge in [0.1, 0.15) is 6.04 Å². The van der Waals surface area contributed by atoms with E-state index >= 15 is 0 Å². The van der Waals surface area contributed by atoms with Crippen molar-refractivity contribution in [2.24, 2.45) is 0 Å². The lowest BCUT2D eigenvalue weighted by atomic mass is 10.1. The van der Waals surface area contributed by atoms with Crippen molar-refractivity contribution in [3.05, 3.63) is 53.6 Å². The summed E-state index contributed by atoms with van der Waals surface area (Å²) in [5.41, 5.74) is 1.09. The third-order valence-corrected chi connectivity index (χ3v) is 9.17. The number of aromatic nitrogens is 1. The van der Waals surface area contributed by atoms with Crippen LogP contribution in [0.4, 0.5) is 5.13 Å². The normalized spacial score (nSPS) is 14.4. The van der Waals surface area contributed by atoms with Crippen LogP contribution >= 0.6 is 11.3 Å². The molecule has 0 bridgehead atoms. The number of hydrogen-bond donors (Lipinski definition) is 1. The average molecular weight is 543 g/mol. The molecule has 4 rings (SSSR count). The fourth-order valence-corrected chi connectivity index (χ4v) is 6.70. The van der Waals surface area contributed by atoms with E-state index in [0.717, 1.165) is 41.9 Å². The lowest BCUT2D eigenvalue weighted by Crippen LogP contribution is -2.45. The highest BCUT2D eigenvalue weighted by Crippen LogP contribution is 2.30. The van der Waals surface area contributed by atoms with Gasteiger partial charge in [0, 0.05) is 13.1 Å². The quantitative estimate of drug-likeness (QED) is 0.356. The van der Waals surface area contributed by atoms with E-state index in [2.05, 4.69) is 10.3 Å². The van der Waals surface area contributed by atoms with E-state index in [4.69, 9.17) is 0 Å². The largest absolute Gasteiger partial charge is 0.300 e. The van der Waals surface area contributed by atoms with Crippen LogP contribution in [-0.2, 0) is 14.8 Å². The number of nitrogens with zero attached hydrogens (tertiary/aromatic N) is 3. The Balaban J connectivity index is 1.52. The first-order chi connectivity index (χ1) is 17.7. The molecule has 1 atom stereocenters. The molecule has 11 heteroatoms. The van der Waals surface area contributed by atoms with Crippen LogP contribution in [0.5, 0.6) is 0 Å². The minimum absolute atomic E-state index is 0.188. The number of sulfonamides is 1. The van der Waals surface area contributed by atoms with E-state index in [1.54, 1.807) is 36.4 Å². The van der Waals surface area contributed by atoms with Crippen LogP contribution in [-0.4, -0.2) is 59.5 Å². The van der Waals surface area contributed by atoms with Gasteiger partial charge in [0.05, 0.1) is 26.2 Å². The van der Waals surface area contributed by atoms with Crippen LogP contribution in [0.3, 0.4) is 0 Å². The van der Waals surface area contributed by atoms with Crippen molar-refractivity contribution in [3.8, 4) is 0 Å². The molecule has 196 valence electrons. The Labute approximate surface area is 220 Å². The first kappa shape index (κ1) is 26.9. The molecular formula is C26H30N4O5S2. The molecule has 3 amide bonds. The fourth-order valence-electron chi connectivity index (χ4n) is 4.18. The second kappa shape index (κ2) is 11.1. The van der Waals surface area contributed by atoms with Crippen molar-refractivity contribution in [1.82, 2.24) is 14.2 Å². The molecule has 1 aliphatic heterocycles. The van der Waals surface area contributed by atoms with E-state index in [0.29, 0.717) is 23.3 Å². The number of hydrogen-bond acceptors (Lipinski definition) is 7. The van der Waals surface area contributed by atoms with Gasteiger partial charge in [-0.25, -0.2) is 13.4 Å². The van der Waals surface area contributed by atoms with E-state index < -0.39 is 33.8 Å². The van der Waals surface area contributed by atoms with E-state index in [1.807, 2.05) is 13.8 Å². The minimum atomic E-state index is -3.67. The summed E-state index contributed by atoms with van der Waals surface area (Å²) < 4.78 is 28.8. The fraction of sp³-hybridized carbons (Fsp3) is 0.385. The maximum Gasteiger partial charge on any atom is 0.262 e. The number of unbranched alkanes of at least 4 members (excludes halogenated alkanes) is 2. The van der Waals surface area contributed by atoms with Gasteiger partial charge in [0.25, 0.3) is 11.8 Å². The van der Waals surface area contributed by atoms with Crippen molar-refractivity contribution in [1.29, 1.82) is 0 Å². The number of thiazole rings is 1. The molecule has 0 fully saturated rings. The number of carbonyl (C=O) groups excluding carboxylic acids is 3. The summed E-state index contributed by atoms with van der Waals surface area (Å²) >= 11 is 1.14. The summed E-state index contributed by atoms with van der Waals surface area (Å²) in [6, 6.07) is 10.1. The number of benzene rings is 2. The Morgan fingerprint density at radius 1 is 1.03 bits per heavy atom. The molecule has 0 aliphatic carbocycles. The topological polar surface area (TPSA) is 117 Å². The van der Waals surface area contributed by atoms with Gasteiger partial charge in [0.2, 0.25) is 15.9 Å². The third-order valence-electron chi connectivity index (χ3n) is 6.34. The first-order valence-corrected chi connectivity index (χ1v) is 14.6. The van der Waals surface area contributed by atoms with Gasteiger partial charge in [-0.2, -0.15) is 4.31 Å². The zero-order valence-corrected chi connectivity index (χ0v) is 22.7. The molecule has 2 heterocycles. The lowest BCUT2D eigenvalue weighted by molar-refractivity contribution is -0.119. The highest BCUT2D eigenvalue weighted by molar-refractivity contribution is 7.89. The first-order valence-electron chi connectivity index (χ1n) is 12.4. The molecule has 3 aromatic rings. The highest BCUT2D eigenvalue weighted by Gasteiger charge is 2.40. The predicted octanol–water partition coefficient (Wildman–Crippen LogP) is 4.51. The van der Waals surface area contributed by atoms with Crippen LogP contribution in [0.15, 0.2) is 47.4 Å². The Hall–Kier alpha value is -3.15. The average Bonchev–Trinajstić information content (AvgIpc) is 3.40. The molecule has 1 aliphatic rings. The standard InChI is InChI=1S/C26H30N4O5S2/c1-4-6-14-29(15-7-5-2)37(34,35)18-12-13-21-22(16-18)36-26(27-21)28-23(31)17(3)30-24(32)19-10-8-9-11-20(19)25(30)33/h8-13,16-17H,4-7,14-15H2,1-3H3,(H,27,28,31). The maximum atomic E-state index is 13.3. The minimum Gasteiger partial charge on any atom is -0.300 e. The molecule has 9 nitrogen and oxygen atoms in total. The predicted molar refractivity (Wildman–Crippen MR) is 143 cm³/mol. The Morgan fingerprint density at radius 3 is 2.19 bits per heavy atom. The Morgan fingerprint density at radius 2 is 1.62 bits per heavy atom. The molecule has 0 saturated heterocycles. The molecule has 0 spiro atoms. The number of fused-ring (bicyclic) bond motifs is 2. The molecule has 1 N–H and O–H groups in total. The maximum absolute atomic E-state index is 13.3. The molecule has 1 aromatic heterocycles. The van der Waals surface area contributed by atoms with Crippen LogP contribution in [0.1, 0.15) is 67.2 Å². The van der Waals surface area contributed by atoms with Gasteiger partial charge >= 0.3 is 0 Å². The number of imide groups is 1. The zero-order valence-electron chi connectivity index (χ0n) is 21.1. The van der Waals surface area contributed by atoms with Gasteiger partial charge in [0.15, 0.2) is 5.13 Å². The zero-order chi connectivity index (χ0) is 26.7. The van der Waals surface area contributed by atoms with Crippen molar-refractivity contribution in [2.45, 2.75) is 57.4 Å². The number of carbonyl (C=O) groups is 3. The van der Waals surface area contributed by atoms with Gasteiger partial charge in [-0.15, -0.1) is 0 Å². The second-order valence-corrected chi connectivity index (χ2v) is 11.9. The van der Waals surface area contributed by atoms with Gasteiger partial charge in [-0.3, -0.25) is 19.3 Å². The van der Waals surface area contributed by atoms with Crippen molar-refractivity contribution < 1.29 is 22.8 Å². The van der Waals surface area contributed by atoms with Gasteiger partial charge in [-0.05, 0) is 50.1 Å². The summed E-state index contributed by atoms with van der Waals surface area (Å²) in [5, 5.41) is 2.93. The monoisotopic (exact) mass is 542 g/mol. The summed E-state index contributed by atoms with van der Waals surface area (Å²) in [5.74, 6) is -1.59. The number of rotatable bonds is 11. The molecule has 1 unspecified atom stereocenters. The smallest absolute Gasteiger partial charge is 0.262 e. The van der Waals surface area contributed by atoms with Crippen molar-refractivity contribution in [2.75, 3.05) is 18.4 Å². The summed E-state index contributed by atoms with van der Waals surface area (Å²) in [4.78, 5) is 43.9. The van der Waals surface area contributed by atoms with Crippen molar-refractivity contribution in [3.63, 3.8) is 0 Å². The van der Waals surface area contributed by atoms with Gasteiger partial charge < -0.3 is 5.32 Å². The summed E-state index contributed by atoms with van der Waals surface area (Å²) in [7, 11) is -3.67. The SMILES string of the molecule is CCCCN(CCCC)S(=O)(=O)c1ccc2nc(NC(=O)C(C)N3C(=O)c4ccccc4C3=O)sc2c1. The Bertz CT molecular complexity index is 1410. The van der Waals surface area contributed by atoms with Crippen LogP contribution in [0.2, 0.25) is 0 Å². The number of nitrogens with one attached hydrogen (secondary N) is 1. The Kier molecular flexibility index (Phi) is 8.05. The van der Waals surface area contributed by atoms with E-state index in [-0.39, 0.29) is 21.2 Å². The molecule has 37 heavy (non-hydrogen) atoms. The van der Waals surface area contributed by atoms with E-state index in [1.165, 1.54) is 17.3 Å². The molecule has 2 aromatic carbocycles. The summed E-state index contributed by atoms with van der Waals surface area (Å²) in [6.07, 6.45) is 3.36. The highest BCUT2D eigenvalue weighted by atomic mass is 32.2. The van der Waals surface area contributed by atoms with Crippen LogP contribution < -0.4 is 5.32 Å². The number of amides is 3. The van der Waals surface area contributed by atoms with Gasteiger partial charge in [-0.1, -0.05) is 50.2 Å². The van der Waals surface area contributed by atoms with Crippen molar-refractivity contribution >= 4 is 54.4 Å². The third kappa shape index (κ3) is 5.29. The second-order valence-electron chi connectivity index (χ2n) is 8.95. The molecule has 0 saturated carbocycles. The van der Waals surface area contributed by atoms with E-state index in [9.17, 15) is 22.8 Å². The van der Waals surface area contributed by atoms with Crippen LogP contribution in [0, 0.1) is 0 Å². The van der Waals surface area contributed by atoms with Crippen LogP contribution in [0.25, 0.3) is 10.2 Å². The summed E-state index contributed by atoms with van der Waals surface area (Å²) in [6.45, 7) is 6.47. The molecular weight excluding hydrogens is 512 g/mol. The lowest BCUT2D eigenvalue weighted by Gasteiger charge is -2.21. The number of anilines is 1. The molecule has 0 radical (unpaired) electrons.